The van der Waals surface area contributed by atoms with Crippen molar-refractivity contribution >= 4 is 12.4 Å². The van der Waals surface area contributed by atoms with Crippen LogP contribution >= 0.6 is 12.4 Å². The van der Waals surface area contributed by atoms with Crippen LogP contribution in [0.25, 0.3) is 0 Å². The average Bonchev–Trinajstić information content (AvgIpc) is 2.80. The molecule has 7 heteroatoms. The van der Waals surface area contributed by atoms with Crippen LogP contribution < -0.4 is 0 Å². The van der Waals surface area contributed by atoms with Crippen LogP contribution in [0.5, 0.6) is 0 Å². The van der Waals surface area contributed by atoms with E-state index in [-0.39, 0.29) is 12.4 Å². The van der Waals surface area contributed by atoms with Crippen LogP contribution in [0.4, 0.5) is 0 Å². The average molecular weight is 357 g/mol. The van der Waals surface area contributed by atoms with E-state index in [2.05, 4.69) is 19.9 Å². The summed E-state index contributed by atoms with van der Waals surface area (Å²) in [5.41, 5.74) is 0. The maximum atomic E-state index is 5.57. The van der Waals surface area contributed by atoms with Crippen molar-refractivity contribution in [3.05, 3.63) is 11.7 Å². The van der Waals surface area contributed by atoms with E-state index >= 15 is 0 Å². The molecule has 3 heterocycles. The van der Waals surface area contributed by atoms with Gasteiger partial charge in [-0.25, -0.2) is 0 Å². The lowest BCUT2D eigenvalue weighted by molar-refractivity contribution is 0.0898. The maximum absolute atomic E-state index is 5.57. The van der Waals surface area contributed by atoms with E-state index in [0.29, 0.717) is 5.92 Å². The summed E-state index contributed by atoms with van der Waals surface area (Å²) in [4.78, 5) is 9.69. The van der Waals surface area contributed by atoms with Crippen LogP contribution in [0.15, 0.2) is 4.52 Å². The van der Waals surface area contributed by atoms with Gasteiger partial charge in [0.05, 0.1) is 13.2 Å². The van der Waals surface area contributed by atoms with Crippen LogP contribution in [0.2, 0.25) is 0 Å². The third-order valence-corrected chi connectivity index (χ3v) is 5.64. The molecule has 0 bridgehead atoms. The molecule has 3 fully saturated rings. The minimum atomic E-state index is 0. The monoisotopic (exact) mass is 356 g/mol. The largest absolute Gasteiger partial charge is 0.380 e. The Labute approximate surface area is 150 Å². The lowest BCUT2D eigenvalue weighted by Crippen LogP contribution is -2.45. The van der Waals surface area contributed by atoms with E-state index in [0.717, 1.165) is 57.1 Å². The minimum absolute atomic E-state index is 0. The van der Waals surface area contributed by atoms with Gasteiger partial charge in [-0.3, -0.25) is 9.80 Å². The molecule has 0 radical (unpaired) electrons. The van der Waals surface area contributed by atoms with Crippen molar-refractivity contribution < 1.29 is 9.26 Å². The number of aromatic nitrogens is 2. The highest BCUT2D eigenvalue weighted by molar-refractivity contribution is 5.85. The van der Waals surface area contributed by atoms with E-state index in [4.69, 9.17) is 9.26 Å². The molecule has 2 saturated heterocycles. The fourth-order valence-corrected chi connectivity index (χ4v) is 3.93. The van der Waals surface area contributed by atoms with Gasteiger partial charge in [-0.05, 0) is 32.1 Å². The molecule has 4 rings (SSSR count). The van der Waals surface area contributed by atoms with E-state index in [1.54, 1.807) is 0 Å². The summed E-state index contributed by atoms with van der Waals surface area (Å²) in [5.74, 6) is 2.29. The van der Waals surface area contributed by atoms with E-state index in [1.165, 1.54) is 45.1 Å². The summed E-state index contributed by atoms with van der Waals surface area (Å²) in [6.07, 6.45) is 7.41. The number of rotatable bonds is 4. The molecule has 0 N–H and O–H groups in total. The molecular formula is C17H29ClN4O2. The maximum Gasteiger partial charge on any atom is 0.240 e. The van der Waals surface area contributed by atoms with Crippen molar-refractivity contribution in [2.24, 2.45) is 0 Å². The van der Waals surface area contributed by atoms with Gasteiger partial charge in [-0.2, -0.15) is 4.98 Å². The predicted molar refractivity (Wildman–Crippen MR) is 93.4 cm³/mol. The standard InChI is InChI=1S/C17H28N4O2.ClH/c1-3-14(4-1)17-18-16(23-19-17)13-20-8-5-15(6-9-20)21-7-2-11-22-12-10-21;/h14-15H,1-13H2;1H. The molecule has 1 aromatic rings. The predicted octanol–water partition coefficient (Wildman–Crippen LogP) is 2.45. The number of halogens is 1. The Morgan fingerprint density at radius 3 is 2.54 bits per heavy atom. The fourth-order valence-electron chi connectivity index (χ4n) is 3.93. The molecule has 0 amide bonds. The van der Waals surface area contributed by atoms with Gasteiger partial charge in [0.15, 0.2) is 5.82 Å². The van der Waals surface area contributed by atoms with Crippen molar-refractivity contribution in [2.75, 3.05) is 39.4 Å². The van der Waals surface area contributed by atoms with Crippen LogP contribution in [0.1, 0.15) is 56.2 Å². The van der Waals surface area contributed by atoms with Gasteiger partial charge in [0.1, 0.15) is 0 Å². The summed E-state index contributed by atoms with van der Waals surface area (Å²) >= 11 is 0. The van der Waals surface area contributed by atoms with Gasteiger partial charge < -0.3 is 9.26 Å². The van der Waals surface area contributed by atoms with E-state index in [9.17, 15) is 0 Å². The van der Waals surface area contributed by atoms with Gasteiger partial charge in [0.2, 0.25) is 5.89 Å². The molecule has 0 unspecified atom stereocenters. The summed E-state index contributed by atoms with van der Waals surface area (Å²) in [5, 5.41) is 4.17. The molecule has 0 spiro atoms. The van der Waals surface area contributed by atoms with Crippen molar-refractivity contribution in [3.8, 4) is 0 Å². The Morgan fingerprint density at radius 2 is 1.79 bits per heavy atom. The highest BCUT2D eigenvalue weighted by Gasteiger charge is 2.27. The summed E-state index contributed by atoms with van der Waals surface area (Å²) in [6.45, 7) is 7.18. The number of nitrogens with zero attached hydrogens (tertiary/aromatic N) is 4. The Hall–Kier alpha value is -0.690. The SMILES string of the molecule is C1CC(c2noc(CN3CCC(N4CCCOCC4)CC3)n2)C1.Cl. The minimum Gasteiger partial charge on any atom is -0.380 e. The van der Waals surface area contributed by atoms with Crippen LogP contribution in [-0.4, -0.2) is 65.4 Å². The first-order valence-corrected chi connectivity index (χ1v) is 9.25. The zero-order valence-electron chi connectivity index (χ0n) is 14.4. The van der Waals surface area contributed by atoms with Gasteiger partial charge in [0, 0.05) is 44.7 Å². The number of hydrogen-bond donors (Lipinski definition) is 0. The van der Waals surface area contributed by atoms with Crippen LogP contribution in [0.3, 0.4) is 0 Å². The highest BCUT2D eigenvalue weighted by Crippen LogP contribution is 2.34. The molecule has 2 aliphatic heterocycles. The van der Waals surface area contributed by atoms with Crippen molar-refractivity contribution in [1.82, 2.24) is 19.9 Å². The van der Waals surface area contributed by atoms with Crippen molar-refractivity contribution in [2.45, 2.75) is 57.0 Å². The molecule has 0 atom stereocenters. The Morgan fingerprint density at radius 1 is 0.958 bits per heavy atom. The lowest BCUT2D eigenvalue weighted by Gasteiger charge is -2.37. The highest BCUT2D eigenvalue weighted by atomic mass is 35.5. The van der Waals surface area contributed by atoms with E-state index in [1.807, 2.05) is 0 Å². The Kier molecular flexibility index (Phi) is 6.49. The van der Waals surface area contributed by atoms with Gasteiger partial charge in [-0.1, -0.05) is 11.6 Å². The van der Waals surface area contributed by atoms with Gasteiger partial charge >= 0.3 is 0 Å². The lowest BCUT2D eigenvalue weighted by atomic mass is 9.85. The summed E-state index contributed by atoms with van der Waals surface area (Å²) in [7, 11) is 0. The molecule has 24 heavy (non-hydrogen) atoms. The smallest absolute Gasteiger partial charge is 0.240 e. The summed E-state index contributed by atoms with van der Waals surface area (Å²) in [6, 6.07) is 0.723. The molecule has 6 nitrogen and oxygen atoms in total. The first-order chi connectivity index (χ1) is 11.4. The van der Waals surface area contributed by atoms with E-state index < -0.39 is 0 Å². The third-order valence-electron chi connectivity index (χ3n) is 5.64. The van der Waals surface area contributed by atoms with Gasteiger partial charge in [0.25, 0.3) is 0 Å². The van der Waals surface area contributed by atoms with Crippen LogP contribution in [-0.2, 0) is 11.3 Å². The zero-order valence-corrected chi connectivity index (χ0v) is 15.2. The zero-order chi connectivity index (χ0) is 15.5. The molecule has 1 saturated carbocycles. The normalized spacial score (nSPS) is 25.0. The number of ether oxygens (including phenoxy) is 1. The molecule has 3 aliphatic rings. The van der Waals surface area contributed by atoms with Crippen molar-refractivity contribution in [3.63, 3.8) is 0 Å². The molecule has 136 valence electrons. The number of likely N-dealkylation sites (tertiary alicyclic amines) is 1. The number of piperidine rings is 1. The fraction of sp³-hybridized carbons (Fsp3) is 0.882. The quantitative estimate of drug-likeness (QED) is 0.826. The molecule has 1 aromatic heterocycles. The van der Waals surface area contributed by atoms with Gasteiger partial charge in [-0.15, -0.1) is 12.4 Å². The second-order valence-electron chi connectivity index (χ2n) is 7.18. The first-order valence-electron chi connectivity index (χ1n) is 9.25. The molecule has 0 aromatic carbocycles. The molecular weight excluding hydrogens is 328 g/mol. The Bertz CT molecular complexity index is 493. The second kappa shape index (κ2) is 8.61. The topological polar surface area (TPSA) is 54.6 Å². The van der Waals surface area contributed by atoms with Crippen LogP contribution in [0, 0.1) is 0 Å². The number of hydrogen-bond acceptors (Lipinski definition) is 6. The van der Waals surface area contributed by atoms with Crippen molar-refractivity contribution in [1.29, 1.82) is 0 Å². The third kappa shape index (κ3) is 4.28. The molecule has 1 aliphatic carbocycles. The second-order valence-corrected chi connectivity index (χ2v) is 7.18. The Balaban J connectivity index is 0.00000169. The summed E-state index contributed by atoms with van der Waals surface area (Å²) < 4.78 is 11.0. The first kappa shape index (κ1) is 18.1.